The number of primary amides is 1. The highest BCUT2D eigenvalue weighted by Gasteiger charge is 2.31. The molecule has 0 saturated heterocycles. The Kier molecular flexibility index (Phi) is 10.3. The molecule has 0 spiro atoms. The van der Waals surface area contributed by atoms with E-state index < -0.39 is 60.4 Å². The van der Waals surface area contributed by atoms with Crippen molar-refractivity contribution in [3.63, 3.8) is 0 Å². The van der Waals surface area contributed by atoms with E-state index in [1.54, 1.807) is 6.20 Å². The van der Waals surface area contributed by atoms with Crippen LogP contribution in [-0.2, 0) is 36.8 Å². The van der Waals surface area contributed by atoms with E-state index in [0.29, 0.717) is 11.3 Å². The Morgan fingerprint density at radius 3 is 2.25 bits per heavy atom. The zero-order valence-corrected chi connectivity index (χ0v) is 21.4. The third-order valence-electron chi connectivity index (χ3n) is 6.18. The van der Waals surface area contributed by atoms with E-state index in [4.69, 9.17) is 11.5 Å². The average molecular weight is 557 g/mol. The van der Waals surface area contributed by atoms with Gasteiger partial charge in [-0.1, -0.05) is 18.2 Å². The van der Waals surface area contributed by atoms with Gasteiger partial charge in [-0.3, -0.25) is 19.2 Å². The molecule has 1 aromatic carbocycles. The average Bonchev–Trinajstić information content (AvgIpc) is 3.59. The molecule has 11 N–H and O–H groups in total. The molecule has 0 saturated carbocycles. The Hall–Kier alpha value is -4.76. The summed E-state index contributed by atoms with van der Waals surface area (Å²) in [6, 6.07) is 2.03. The second-order valence-corrected chi connectivity index (χ2v) is 9.16. The smallest absolute Gasteiger partial charge is 0.326 e. The minimum Gasteiger partial charge on any atom is -0.480 e. The number of carbonyl (C=O) groups is 5. The molecular weight excluding hydrogens is 524 g/mol. The van der Waals surface area contributed by atoms with Crippen molar-refractivity contribution in [2.75, 3.05) is 6.61 Å². The second-order valence-electron chi connectivity index (χ2n) is 9.16. The Balaban J connectivity index is 1.72. The van der Waals surface area contributed by atoms with E-state index in [1.165, 1.54) is 12.5 Å². The first-order chi connectivity index (χ1) is 19.1. The quantitative estimate of drug-likeness (QED) is 0.0982. The highest BCUT2D eigenvalue weighted by Crippen LogP contribution is 2.19. The van der Waals surface area contributed by atoms with Crippen LogP contribution in [0.15, 0.2) is 43.0 Å². The molecule has 4 atom stereocenters. The molecule has 0 aliphatic rings. The number of rotatable bonds is 15. The topological polar surface area (TPSA) is 258 Å². The molecule has 3 aromatic rings. The van der Waals surface area contributed by atoms with Crippen LogP contribution in [0, 0.1) is 0 Å². The van der Waals surface area contributed by atoms with Crippen molar-refractivity contribution in [3.8, 4) is 0 Å². The SMILES string of the molecule is NC(=O)CCC(N)C(=O)NC(CO)C(=O)NC(Cc1cnc[nH]1)C(=O)NC(Cc1c[nH]c2ccccc12)C(=O)O. The summed E-state index contributed by atoms with van der Waals surface area (Å²) in [5.74, 6) is -4.47. The summed E-state index contributed by atoms with van der Waals surface area (Å²) in [5, 5.41) is 27.5. The predicted molar refractivity (Wildman–Crippen MR) is 141 cm³/mol. The first kappa shape index (κ1) is 29.8. The lowest BCUT2D eigenvalue weighted by molar-refractivity contribution is -0.142. The van der Waals surface area contributed by atoms with Gasteiger partial charge in [-0.25, -0.2) is 9.78 Å². The maximum atomic E-state index is 13.3. The zero-order chi connectivity index (χ0) is 29.2. The number of carboxylic acids is 1. The molecule has 0 bridgehead atoms. The number of aromatic nitrogens is 3. The van der Waals surface area contributed by atoms with Gasteiger partial charge in [-0.05, 0) is 18.1 Å². The lowest BCUT2D eigenvalue weighted by Gasteiger charge is -2.24. The molecule has 15 heteroatoms. The number of nitrogens with zero attached hydrogens (tertiary/aromatic N) is 1. The van der Waals surface area contributed by atoms with Crippen LogP contribution < -0.4 is 27.4 Å². The molecule has 0 fully saturated rings. The van der Waals surface area contributed by atoms with Gasteiger partial charge in [-0.15, -0.1) is 0 Å². The van der Waals surface area contributed by atoms with Crippen molar-refractivity contribution in [3.05, 3.63) is 54.2 Å². The number of H-pyrrole nitrogens is 2. The number of hydrogen-bond acceptors (Lipinski definition) is 8. The van der Waals surface area contributed by atoms with Gasteiger partial charge in [0.2, 0.25) is 23.6 Å². The minimum absolute atomic E-state index is 0.0334. The van der Waals surface area contributed by atoms with E-state index >= 15 is 0 Å². The summed E-state index contributed by atoms with van der Waals surface area (Å²) >= 11 is 0. The third kappa shape index (κ3) is 8.12. The minimum atomic E-state index is -1.48. The van der Waals surface area contributed by atoms with Gasteiger partial charge in [0.25, 0.3) is 0 Å². The van der Waals surface area contributed by atoms with Crippen LogP contribution in [0.5, 0.6) is 0 Å². The number of fused-ring (bicyclic) bond motifs is 1. The van der Waals surface area contributed by atoms with Crippen LogP contribution in [-0.4, -0.2) is 85.5 Å². The van der Waals surface area contributed by atoms with Crippen LogP contribution in [0.3, 0.4) is 0 Å². The highest BCUT2D eigenvalue weighted by atomic mass is 16.4. The lowest BCUT2D eigenvalue weighted by Crippen LogP contribution is -2.58. The third-order valence-corrected chi connectivity index (χ3v) is 6.18. The number of benzene rings is 1. The van der Waals surface area contributed by atoms with Crippen molar-refractivity contribution in [1.29, 1.82) is 0 Å². The fourth-order valence-corrected chi connectivity index (χ4v) is 3.99. The molecule has 15 nitrogen and oxygen atoms in total. The van der Waals surface area contributed by atoms with Gasteiger partial charge in [0, 0.05) is 48.3 Å². The van der Waals surface area contributed by atoms with Crippen molar-refractivity contribution in [2.24, 2.45) is 11.5 Å². The van der Waals surface area contributed by atoms with E-state index in [-0.39, 0.29) is 25.7 Å². The van der Waals surface area contributed by atoms with Crippen molar-refractivity contribution >= 4 is 40.5 Å². The molecule has 0 radical (unpaired) electrons. The normalized spacial score (nSPS) is 14.1. The predicted octanol–water partition coefficient (Wildman–Crippen LogP) is -2.20. The van der Waals surface area contributed by atoms with Gasteiger partial charge in [0.1, 0.15) is 18.1 Å². The van der Waals surface area contributed by atoms with E-state index in [2.05, 4.69) is 30.9 Å². The molecule has 40 heavy (non-hydrogen) atoms. The fraction of sp³-hybridized carbons (Fsp3) is 0.360. The molecule has 2 aromatic heterocycles. The molecule has 4 amide bonds. The lowest BCUT2D eigenvalue weighted by atomic mass is 10.0. The summed E-state index contributed by atoms with van der Waals surface area (Å²) in [6.45, 7) is -0.823. The standard InChI is InChI=1S/C25H32N8O7/c26-16(5-6-21(27)35)22(36)33-20(11-34)24(38)31-18(8-14-10-28-12-30-14)23(37)32-19(25(39)40)7-13-9-29-17-4-2-1-3-15(13)17/h1-4,9-10,12,16,18-20,29,34H,5-8,11,26H2,(H2,27,35)(H,28,30)(H,31,38)(H,32,37)(H,33,36)(H,39,40). The van der Waals surface area contributed by atoms with Crippen LogP contribution in [0.2, 0.25) is 0 Å². The van der Waals surface area contributed by atoms with Crippen LogP contribution in [0.25, 0.3) is 10.9 Å². The number of carboxylic acid groups (broad SMARTS) is 1. The number of nitrogens with one attached hydrogen (secondary N) is 5. The van der Waals surface area contributed by atoms with Crippen LogP contribution >= 0.6 is 0 Å². The zero-order valence-electron chi connectivity index (χ0n) is 21.4. The van der Waals surface area contributed by atoms with Gasteiger partial charge in [-0.2, -0.15) is 0 Å². The Morgan fingerprint density at radius 2 is 1.60 bits per heavy atom. The molecule has 0 aliphatic carbocycles. The summed E-state index contributed by atoms with van der Waals surface area (Å²) < 4.78 is 0. The number of hydrogen-bond donors (Lipinski definition) is 9. The maximum Gasteiger partial charge on any atom is 0.326 e. The largest absolute Gasteiger partial charge is 0.480 e. The molecular formula is C25H32N8O7. The first-order valence-electron chi connectivity index (χ1n) is 12.4. The summed E-state index contributed by atoms with van der Waals surface area (Å²) in [6.07, 6.45) is 4.11. The van der Waals surface area contributed by atoms with Gasteiger partial charge >= 0.3 is 5.97 Å². The molecule has 214 valence electrons. The van der Waals surface area contributed by atoms with E-state index in [0.717, 1.165) is 10.9 Å². The van der Waals surface area contributed by atoms with Crippen molar-refractivity contribution in [1.82, 2.24) is 30.9 Å². The molecule has 2 heterocycles. The van der Waals surface area contributed by atoms with Gasteiger partial charge in [0.15, 0.2) is 0 Å². The summed E-state index contributed by atoms with van der Waals surface area (Å²) in [7, 11) is 0. The molecule has 3 rings (SSSR count). The Labute approximate surface area is 228 Å². The monoisotopic (exact) mass is 556 g/mol. The second kappa shape index (κ2) is 13.9. The number of aliphatic carboxylic acids is 1. The number of imidazole rings is 1. The number of aromatic amines is 2. The Bertz CT molecular complexity index is 1340. The van der Waals surface area contributed by atoms with Crippen molar-refractivity contribution in [2.45, 2.75) is 49.9 Å². The number of para-hydroxylation sites is 1. The molecule has 4 unspecified atom stereocenters. The van der Waals surface area contributed by atoms with E-state index in [9.17, 15) is 34.2 Å². The van der Waals surface area contributed by atoms with Crippen LogP contribution in [0.1, 0.15) is 24.1 Å². The number of aliphatic hydroxyl groups is 1. The fourth-order valence-electron chi connectivity index (χ4n) is 3.99. The summed E-state index contributed by atoms with van der Waals surface area (Å²) in [5.41, 5.74) is 12.7. The van der Waals surface area contributed by atoms with Crippen LogP contribution in [0.4, 0.5) is 0 Å². The number of carbonyl (C=O) groups excluding carboxylic acids is 4. The number of aliphatic hydroxyl groups excluding tert-OH is 1. The van der Waals surface area contributed by atoms with E-state index in [1.807, 2.05) is 24.3 Å². The number of nitrogens with two attached hydrogens (primary N) is 2. The number of amides is 4. The van der Waals surface area contributed by atoms with Crippen molar-refractivity contribution < 1.29 is 34.2 Å². The summed E-state index contributed by atoms with van der Waals surface area (Å²) in [4.78, 5) is 71.3. The van der Waals surface area contributed by atoms with Gasteiger partial charge in [0.05, 0.1) is 19.0 Å². The van der Waals surface area contributed by atoms with Gasteiger partial charge < -0.3 is 47.6 Å². The maximum absolute atomic E-state index is 13.3. The highest BCUT2D eigenvalue weighted by molar-refractivity contribution is 5.94. The Morgan fingerprint density at radius 1 is 0.925 bits per heavy atom. The first-order valence-corrected chi connectivity index (χ1v) is 12.4. The molecule has 0 aliphatic heterocycles.